The molecule has 0 heterocycles. The summed E-state index contributed by atoms with van der Waals surface area (Å²) in [4.78, 5) is 12.2. The third kappa shape index (κ3) is 2.31. The van der Waals surface area contributed by atoms with Crippen LogP contribution in [-0.2, 0) is 4.79 Å². The fourth-order valence-electron chi connectivity index (χ4n) is 2.33. The SMILES string of the molecule is CC1(C(=O)Nc2ccc(O)c(Cl)c2)CCCC1N. The lowest BCUT2D eigenvalue weighted by Crippen LogP contribution is -2.44. The van der Waals surface area contributed by atoms with Crippen molar-refractivity contribution in [2.45, 2.75) is 32.2 Å². The lowest BCUT2D eigenvalue weighted by atomic mass is 9.84. The Labute approximate surface area is 111 Å². The largest absolute Gasteiger partial charge is 0.506 e. The number of hydrogen-bond acceptors (Lipinski definition) is 3. The minimum absolute atomic E-state index is 0.00144. The first-order chi connectivity index (χ1) is 8.43. The van der Waals surface area contributed by atoms with Crippen molar-refractivity contribution in [1.29, 1.82) is 0 Å². The molecule has 1 aliphatic carbocycles. The molecule has 0 aliphatic heterocycles. The van der Waals surface area contributed by atoms with Crippen LogP contribution in [0.15, 0.2) is 18.2 Å². The van der Waals surface area contributed by atoms with E-state index in [9.17, 15) is 9.90 Å². The maximum Gasteiger partial charge on any atom is 0.231 e. The fraction of sp³-hybridized carbons (Fsp3) is 0.462. The lowest BCUT2D eigenvalue weighted by molar-refractivity contribution is -0.125. The van der Waals surface area contributed by atoms with E-state index in [-0.39, 0.29) is 22.7 Å². The molecule has 2 rings (SSSR count). The van der Waals surface area contributed by atoms with Gasteiger partial charge in [-0.05, 0) is 38.0 Å². The van der Waals surface area contributed by atoms with Crippen LogP contribution in [0.1, 0.15) is 26.2 Å². The highest BCUT2D eigenvalue weighted by Gasteiger charge is 2.42. The molecule has 18 heavy (non-hydrogen) atoms. The molecule has 2 unspecified atom stereocenters. The van der Waals surface area contributed by atoms with Crippen molar-refractivity contribution in [2.75, 3.05) is 5.32 Å². The molecule has 0 bridgehead atoms. The van der Waals surface area contributed by atoms with Crippen LogP contribution in [0.3, 0.4) is 0 Å². The molecule has 0 saturated heterocycles. The number of benzene rings is 1. The Kier molecular flexibility index (Phi) is 3.50. The standard InChI is InChI=1S/C13H17ClN2O2/c1-13(6-2-3-11(13)15)12(18)16-8-4-5-10(17)9(14)7-8/h4-5,7,11,17H,2-3,6,15H2,1H3,(H,16,18). The molecule has 1 aromatic rings. The average molecular weight is 269 g/mol. The number of carbonyl (C=O) groups is 1. The van der Waals surface area contributed by atoms with Gasteiger partial charge in [0.15, 0.2) is 0 Å². The van der Waals surface area contributed by atoms with Gasteiger partial charge in [-0.3, -0.25) is 4.79 Å². The van der Waals surface area contributed by atoms with Gasteiger partial charge in [0.25, 0.3) is 0 Å². The Balaban J connectivity index is 2.14. The topological polar surface area (TPSA) is 75.3 Å². The minimum Gasteiger partial charge on any atom is -0.506 e. The third-order valence-corrected chi connectivity index (χ3v) is 4.06. The van der Waals surface area contributed by atoms with Crippen LogP contribution in [0, 0.1) is 5.41 Å². The highest BCUT2D eigenvalue weighted by Crippen LogP contribution is 2.38. The molecular weight excluding hydrogens is 252 g/mol. The molecule has 98 valence electrons. The van der Waals surface area contributed by atoms with Crippen molar-refractivity contribution in [3.05, 3.63) is 23.2 Å². The zero-order chi connectivity index (χ0) is 13.3. The van der Waals surface area contributed by atoms with E-state index in [1.54, 1.807) is 6.07 Å². The molecule has 2 atom stereocenters. The third-order valence-electron chi connectivity index (χ3n) is 3.75. The van der Waals surface area contributed by atoms with E-state index in [0.29, 0.717) is 5.69 Å². The van der Waals surface area contributed by atoms with Gasteiger partial charge in [-0.25, -0.2) is 0 Å². The first-order valence-corrected chi connectivity index (χ1v) is 6.37. The van der Waals surface area contributed by atoms with Crippen molar-refractivity contribution >= 4 is 23.2 Å². The van der Waals surface area contributed by atoms with E-state index in [2.05, 4.69) is 5.32 Å². The van der Waals surface area contributed by atoms with E-state index >= 15 is 0 Å². The fourth-order valence-corrected chi connectivity index (χ4v) is 2.51. The lowest BCUT2D eigenvalue weighted by Gasteiger charge is -2.27. The quantitative estimate of drug-likeness (QED) is 0.722. The number of nitrogens with one attached hydrogen (secondary N) is 1. The molecule has 0 aromatic heterocycles. The maximum absolute atomic E-state index is 12.2. The van der Waals surface area contributed by atoms with Gasteiger partial charge in [-0.15, -0.1) is 0 Å². The van der Waals surface area contributed by atoms with Crippen molar-refractivity contribution in [3.8, 4) is 5.75 Å². The van der Waals surface area contributed by atoms with E-state index in [1.807, 2.05) is 6.92 Å². The van der Waals surface area contributed by atoms with E-state index in [1.165, 1.54) is 12.1 Å². The highest BCUT2D eigenvalue weighted by atomic mass is 35.5. The van der Waals surface area contributed by atoms with E-state index in [4.69, 9.17) is 17.3 Å². The van der Waals surface area contributed by atoms with Crippen molar-refractivity contribution in [2.24, 2.45) is 11.1 Å². The van der Waals surface area contributed by atoms with Crippen molar-refractivity contribution in [1.82, 2.24) is 0 Å². The Bertz CT molecular complexity index is 478. The van der Waals surface area contributed by atoms with Gasteiger partial charge in [0.1, 0.15) is 5.75 Å². The monoisotopic (exact) mass is 268 g/mol. The average Bonchev–Trinajstić information content (AvgIpc) is 2.66. The van der Waals surface area contributed by atoms with Gasteiger partial charge < -0.3 is 16.2 Å². The summed E-state index contributed by atoms with van der Waals surface area (Å²) < 4.78 is 0. The molecular formula is C13H17ClN2O2. The summed E-state index contributed by atoms with van der Waals surface area (Å²) >= 11 is 5.79. The Morgan fingerprint density at radius 2 is 2.33 bits per heavy atom. The van der Waals surface area contributed by atoms with Gasteiger partial charge >= 0.3 is 0 Å². The predicted octanol–water partition coefficient (Wildman–Crippen LogP) is 2.50. The van der Waals surface area contributed by atoms with Crippen LogP contribution in [0.25, 0.3) is 0 Å². The number of phenolic OH excluding ortho intramolecular Hbond substituents is 1. The second kappa shape index (κ2) is 4.78. The number of carbonyl (C=O) groups excluding carboxylic acids is 1. The van der Waals surface area contributed by atoms with Crippen LogP contribution in [0.2, 0.25) is 5.02 Å². The van der Waals surface area contributed by atoms with E-state index in [0.717, 1.165) is 19.3 Å². The summed E-state index contributed by atoms with van der Waals surface area (Å²) in [5, 5.41) is 12.3. The number of phenols is 1. The molecule has 4 N–H and O–H groups in total. The van der Waals surface area contributed by atoms with Gasteiger partial charge in [-0.2, -0.15) is 0 Å². The van der Waals surface area contributed by atoms with Crippen LogP contribution in [0.4, 0.5) is 5.69 Å². The van der Waals surface area contributed by atoms with Crippen molar-refractivity contribution in [3.63, 3.8) is 0 Å². The molecule has 1 aliphatic rings. The summed E-state index contributed by atoms with van der Waals surface area (Å²) in [6.07, 6.45) is 2.65. The molecule has 0 spiro atoms. The van der Waals surface area contributed by atoms with Crippen LogP contribution in [-0.4, -0.2) is 17.1 Å². The Hall–Kier alpha value is -1.26. The van der Waals surface area contributed by atoms with Gasteiger partial charge in [0.2, 0.25) is 5.91 Å². The molecule has 4 nitrogen and oxygen atoms in total. The number of rotatable bonds is 2. The normalized spacial score (nSPS) is 27.2. The number of anilines is 1. The maximum atomic E-state index is 12.2. The Morgan fingerprint density at radius 3 is 2.89 bits per heavy atom. The van der Waals surface area contributed by atoms with Gasteiger partial charge in [0, 0.05) is 11.7 Å². The van der Waals surface area contributed by atoms with Crippen molar-refractivity contribution < 1.29 is 9.90 Å². The van der Waals surface area contributed by atoms with Crippen LogP contribution in [0.5, 0.6) is 5.75 Å². The van der Waals surface area contributed by atoms with Gasteiger partial charge in [0.05, 0.1) is 10.4 Å². The molecule has 1 amide bonds. The van der Waals surface area contributed by atoms with Crippen LogP contribution >= 0.6 is 11.6 Å². The summed E-state index contributed by atoms with van der Waals surface area (Å²) in [5.41, 5.74) is 6.04. The minimum atomic E-state index is -0.523. The summed E-state index contributed by atoms with van der Waals surface area (Å²) in [6, 6.07) is 4.49. The molecule has 1 fully saturated rings. The molecule has 1 aromatic carbocycles. The molecule has 1 saturated carbocycles. The number of amides is 1. The summed E-state index contributed by atoms with van der Waals surface area (Å²) in [5.74, 6) is -0.0901. The molecule has 0 radical (unpaired) electrons. The summed E-state index contributed by atoms with van der Waals surface area (Å²) in [6.45, 7) is 1.89. The zero-order valence-electron chi connectivity index (χ0n) is 10.2. The number of nitrogens with two attached hydrogens (primary N) is 1. The van der Waals surface area contributed by atoms with Gasteiger partial charge in [-0.1, -0.05) is 18.0 Å². The van der Waals surface area contributed by atoms with E-state index < -0.39 is 5.41 Å². The first-order valence-electron chi connectivity index (χ1n) is 5.99. The number of hydrogen-bond donors (Lipinski definition) is 3. The number of aromatic hydroxyl groups is 1. The van der Waals surface area contributed by atoms with Crippen LogP contribution < -0.4 is 11.1 Å². The first kappa shape index (κ1) is 13.2. The highest BCUT2D eigenvalue weighted by molar-refractivity contribution is 6.32. The Morgan fingerprint density at radius 1 is 1.61 bits per heavy atom. The predicted molar refractivity (Wildman–Crippen MR) is 71.7 cm³/mol. The zero-order valence-corrected chi connectivity index (χ0v) is 11.0. The second-order valence-electron chi connectivity index (χ2n) is 5.04. The summed E-state index contributed by atoms with van der Waals surface area (Å²) in [7, 11) is 0. The molecule has 5 heteroatoms. The second-order valence-corrected chi connectivity index (χ2v) is 5.44. The smallest absolute Gasteiger partial charge is 0.231 e. The number of halogens is 1.